The van der Waals surface area contributed by atoms with Crippen molar-refractivity contribution in [2.45, 2.75) is 51.6 Å². The standard InChI is InChI=1S/C11H18O2/c1-2-8-6-9(8)7-10-4-3-5-11(12)13-10/h8-10H,2-7H2,1H3/t8-,9-,10-/m0/s1. The first-order chi connectivity index (χ1) is 6.29. The molecule has 0 bridgehead atoms. The molecule has 0 aromatic heterocycles. The van der Waals surface area contributed by atoms with Crippen LogP contribution in [-0.2, 0) is 9.53 Å². The van der Waals surface area contributed by atoms with Crippen LogP contribution in [0.1, 0.15) is 45.4 Å². The maximum absolute atomic E-state index is 11.0. The van der Waals surface area contributed by atoms with Gasteiger partial charge in [0.15, 0.2) is 0 Å². The van der Waals surface area contributed by atoms with Crippen molar-refractivity contribution in [2.24, 2.45) is 11.8 Å². The third kappa shape index (κ3) is 2.23. The third-order valence-corrected chi connectivity index (χ3v) is 3.36. The molecule has 3 atom stereocenters. The predicted octanol–water partition coefficient (Wildman–Crippen LogP) is 2.52. The number of carbonyl (C=O) groups is 1. The van der Waals surface area contributed by atoms with Crippen LogP contribution in [0.3, 0.4) is 0 Å². The Kier molecular flexibility index (Phi) is 2.56. The highest BCUT2D eigenvalue weighted by atomic mass is 16.5. The lowest BCUT2D eigenvalue weighted by molar-refractivity contribution is -0.154. The zero-order valence-electron chi connectivity index (χ0n) is 8.29. The van der Waals surface area contributed by atoms with E-state index in [-0.39, 0.29) is 12.1 Å². The number of cyclic esters (lactones) is 1. The molecule has 0 aromatic carbocycles. The van der Waals surface area contributed by atoms with E-state index in [0.717, 1.165) is 31.1 Å². The highest BCUT2D eigenvalue weighted by molar-refractivity contribution is 5.70. The summed E-state index contributed by atoms with van der Waals surface area (Å²) >= 11 is 0. The summed E-state index contributed by atoms with van der Waals surface area (Å²) in [4.78, 5) is 11.0. The molecule has 1 aliphatic heterocycles. The number of carbonyl (C=O) groups excluding carboxylic acids is 1. The van der Waals surface area contributed by atoms with E-state index in [4.69, 9.17) is 4.74 Å². The van der Waals surface area contributed by atoms with Crippen LogP contribution in [-0.4, -0.2) is 12.1 Å². The van der Waals surface area contributed by atoms with Gasteiger partial charge in [-0.15, -0.1) is 0 Å². The first kappa shape index (κ1) is 9.04. The Morgan fingerprint density at radius 1 is 1.46 bits per heavy atom. The minimum absolute atomic E-state index is 0.0185. The van der Waals surface area contributed by atoms with Gasteiger partial charge in [-0.3, -0.25) is 4.79 Å². The quantitative estimate of drug-likeness (QED) is 0.627. The van der Waals surface area contributed by atoms with Crippen LogP contribution in [0.4, 0.5) is 0 Å². The molecule has 1 aliphatic carbocycles. The first-order valence-electron chi connectivity index (χ1n) is 5.49. The van der Waals surface area contributed by atoms with E-state index in [9.17, 15) is 4.79 Å². The minimum atomic E-state index is 0.0185. The van der Waals surface area contributed by atoms with Gasteiger partial charge in [0, 0.05) is 6.42 Å². The van der Waals surface area contributed by atoms with Gasteiger partial charge >= 0.3 is 5.97 Å². The number of ether oxygens (including phenoxy) is 1. The molecule has 0 unspecified atom stereocenters. The smallest absolute Gasteiger partial charge is 0.306 e. The van der Waals surface area contributed by atoms with Crippen LogP contribution < -0.4 is 0 Å². The Bertz CT molecular complexity index is 200. The van der Waals surface area contributed by atoms with Gasteiger partial charge in [-0.25, -0.2) is 0 Å². The summed E-state index contributed by atoms with van der Waals surface area (Å²) in [7, 11) is 0. The van der Waals surface area contributed by atoms with Crippen LogP contribution in [0.5, 0.6) is 0 Å². The maximum Gasteiger partial charge on any atom is 0.306 e. The normalized spacial score (nSPS) is 38.5. The van der Waals surface area contributed by atoms with Gasteiger partial charge < -0.3 is 4.74 Å². The van der Waals surface area contributed by atoms with Crippen molar-refractivity contribution in [3.05, 3.63) is 0 Å². The second-order valence-electron chi connectivity index (χ2n) is 4.40. The molecule has 2 rings (SSSR count). The van der Waals surface area contributed by atoms with Crippen molar-refractivity contribution in [1.29, 1.82) is 0 Å². The zero-order valence-corrected chi connectivity index (χ0v) is 8.29. The molecule has 1 saturated carbocycles. The van der Waals surface area contributed by atoms with E-state index < -0.39 is 0 Å². The molecular weight excluding hydrogens is 164 g/mol. The summed E-state index contributed by atoms with van der Waals surface area (Å²) in [5.74, 6) is 1.81. The fraction of sp³-hybridized carbons (Fsp3) is 0.909. The van der Waals surface area contributed by atoms with E-state index in [1.807, 2.05) is 0 Å². The van der Waals surface area contributed by atoms with Crippen LogP contribution in [0.15, 0.2) is 0 Å². The molecule has 0 amide bonds. The zero-order chi connectivity index (χ0) is 9.26. The lowest BCUT2D eigenvalue weighted by Gasteiger charge is -2.22. The van der Waals surface area contributed by atoms with Crippen LogP contribution in [0.2, 0.25) is 0 Å². The summed E-state index contributed by atoms with van der Waals surface area (Å²) in [6, 6.07) is 0. The van der Waals surface area contributed by atoms with Crippen molar-refractivity contribution < 1.29 is 9.53 Å². The Balaban J connectivity index is 1.72. The van der Waals surface area contributed by atoms with Gasteiger partial charge in [-0.1, -0.05) is 13.3 Å². The van der Waals surface area contributed by atoms with E-state index in [0.29, 0.717) is 6.42 Å². The fourth-order valence-electron chi connectivity index (χ4n) is 2.38. The van der Waals surface area contributed by atoms with E-state index in [2.05, 4.69) is 6.92 Å². The number of rotatable bonds is 3. The average molecular weight is 182 g/mol. The highest BCUT2D eigenvalue weighted by Crippen LogP contribution is 2.45. The molecule has 1 heterocycles. The molecule has 0 radical (unpaired) electrons. The fourth-order valence-corrected chi connectivity index (χ4v) is 2.38. The average Bonchev–Trinajstić information content (AvgIpc) is 2.83. The van der Waals surface area contributed by atoms with Crippen LogP contribution >= 0.6 is 0 Å². The Morgan fingerprint density at radius 3 is 2.92 bits per heavy atom. The highest BCUT2D eigenvalue weighted by Gasteiger charge is 2.38. The van der Waals surface area contributed by atoms with Crippen molar-refractivity contribution >= 4 is 5.97 Å². The topological polar surface area (TPSA) is 26.3 Å². The molecular formula is C11H18O2. The summed E-state index contributed by atoms with van der Waals surface area (Å²) < 4.78 is 5.29. The van der Waals surface area contributed by atoms with Crippen molar-refractivity contribution in [3.63, 3.8) is 0 Å². The molecule has 2 aliphatic rings. The minimum Gasteiger partial charge on any atom is -0.462 e. The van der Waals surface area contributed by atoms with Gasteiger partial charge in [-0.2, -0.15) is 0 Å². The Hall–Kier alpha value is -0.530. The first-order valence-corrected chi connectivity index (χ1v) is 5.49. The van der Waals surface area contributed by atoms with Crippen LogP contribution in [0.25, 0.3) is 0 Å². The largest absolute Gasteiger partial charge is 0.462 e. The van der Waals surface area contributed by atoms with Gasteiger partial charge in [0.1, 0.15) is 6.10 Å². The van der Waals surface area contributed by atoms with Crippen LogP contribution in [0, 0.1) is 11.8 Å². The van der Waals surface area contributed by atoms with Gasteiger partial charge in [0.05, 0.1) is 0 Å². The Labute approximate surface area is 79.7 Å². The van der Waals surface area contributed by atoms with Gasteiger partial charge in [-0.05, 0) is 37.5 Å². The third-order valence-electron chi connectivity index (χ3n) is 3.36. The number of esters is 1. The second-order valence-corrected chi connectivity index (χ2v) is 4.40. The summed E-state index contributed by atoms with van der Waals surface area (Å²) in [5.41, 5.74) is 0. The molecule has 74 valence electrons. The summed E-state index contributed by atoms with van der Waals surface area (Å²) in [6.07, 6.45) is 6.81. The number of hydrogen-bond acceptors (Lipinski definition) is 2. The summed E-state index contributed by atoms with van der Waals surface area (Å²) in [6.45, 7) is 2.25. The molecule has 13 heavy (non-hydrogen) atoms. The van der Waals surface area contributed by atoms with Gasteiger partial charge in [0.25, 0.3) is 0 Å². The van der Waals surface area contributed by atoms with Crippen molar-refractivity contribution in [1.82, 2.24) is 0 Å². The predicted molar refractivity (Wildman–Crippen MR) is 50.2 cm³/mol. The van der Waals surface area contributed by atoms with E-state index in [1.54, 1.807) is 0 Å². The van der Waals surface area contributed by atoms with E-state index >= 15 is 0 Å². The molecule has 2 fully saturated rings. The van der Waals surface area contributed by atoms with Crippen molar-refractivity contribution in [3.8, 4) is 0 Å². The van der Waals surface area contributed by atoms with Gasteiger partial charge in [0.2, 0.25) is 0 Å². The summed E-state index contributed by atoms with van der Waals surface area (Å²) in [5, 5.41) is 0. The maximum atomic E-state index is 11.0. The molecule has 0 spiro atoms. The van der Waals surface area contributed by atoms with Crippen molar-refractivity contribution in [2.75, 3.05) is 0 Å². The monoisotopic (exact) mass is 182 g/mol. The molecule has 2 nitrogen and oxygen atoms in total. The number of hydrogen-bond donors (Lipinski definition) is 0. The molecule has 0 aromatic rings. The molecule has 2 heteroatoms. The molecule has 0 N–H and O–H groups in total. The SMILES string of the molecule is CC[C@H]1C[C@H]1C[C@@H]1CCCC(=O)O1. The van der Waals surface area contributed by atoms with E-state index in [1.165, 1.54) is 12.8 Å². The molecule has 1 saturated heterocycles. The lowest BCUT2D eigenvalue weighted by Crippen LogP contribution is -2.23. The Morgan fingerprint density at radius 2 is 2.31 bits per heavy atom. The lowest BCUT2D eigenvalue weighted by atomic mass is 10.0. The second kappa shape index (κ2) is 3.69.